The molecule has 4 N–H and O–H groups in total. The van der Waals surface area contributed by atoms with Crippen LogP contribution in [0, 0.1) is 18.6 Å². The molecule has 0 aliphatic heterocycles. The van der Waals surface area contributed by atoms with Crippen LogP contribution in [-0.2, 0) is 0 Å². The highest BCUT2D eigenvalue weighted by Gasteiger charge is 2.26. The molecule has 2 aromatic rings. The number of carbonyl (C=O) groups excluding carboxylic acids is 1. The van der Waals surface area contributed by atoms with Crippen LogP contribution in [0.2, 0.25) is 5.02 Å². The fourth-order valence-corrected chi connectivity index (χ4v) is 2.70. The molecule has 0 heterocycles. The van der Waals surface area contributed by atoms with E-state index in [-0.39, 0.29) is 27.3 Å². The molecule has 0 bridgehead atoms. The molecule has 0 radical (unpaired) electrons. The van der Waals surface area contributed by atoms with Gasteiger partial charge in [-0.25, -0.2) is 8.78 Å². The first-order chi connectivity index (χ1) is 10.3. The second kappa shape index (κ2) is 6.02. The SMILES string of the molecule is Cc1c(Cl)c(F)c(C(C)N)c(-c2cccc(F)c2)c1C(N)=O. The Kier molecular flexibility index (Phi) is 4.49. The van der Waals surface area contributed by atoms with Crippen molar-refractivity contribution in [3.63, 3.8) is 0 Å². The second-order valence-corrected chi connectivity index (χ2v) is 5.46. The molecule has 2 rings (SSSR count). The number of halogens is 3. The van der Waals surface area contributed by atoms with Crippen molar-refractivity contribution in [3.05, 3.63) is 57.6 Å². The van der Waals surface area contributed by atoms with E-state index in [2.05, 4.69) is 0 Å². The Bertz CT molecular complexity index is 760. The number of rotatable bonds is 3. The summed E-state index contributed by atoms with van der Waals surface area (Å²) in [6.07, 6.45) is 0. The van der Waals surface area contributed by atoms with Gasteiger partial charge in [0, 0.05) is 17.2 Å². The van der Waals surface area contributed by atoms with Gasteiger partial charge in [0.05, 0.1) is 10.6 Å². The molecule has 116 valence electrons. The van der Waals surface area contributed by atoms with Crippen LogP contribution < -0.4 is 11.5 Å². The lowest BCUT2D eigenvalue weighted by Gasteiger charge is -2.20. The summed E-state index contributed by atoms with van der Waals surface area (Å²) in [5.74, 6) is -2.02. The van der Waals surface area contributed by atoms with Crippen LogP contribution >= 0.6 is 11.6 Å². The predicted molar refractivity (Wildman–Crippen MR) is 82.7 cm³/mol. The van der Waals surface area contributed by atoms with Crippen molar-refractivity contribution >= 4 is 17.5 Å². The highest BCUT2D eigenvalue weighted by atomic mass is 35.5. The fraction of sp³-hybridized carbons (Fsp3) is 0.188. The molecule has 1 unspecified atom stereocenters. The van der Waals surface area contributed by atoms with Gasteiger partial charge in [-0.05, 0) is 37.1 Å². The third-order valence-electron chi connectivity index (χ3n) is 3.47. The van der Waals surface area contributed by atoms with Gasteiger partial charge in [-0.1, -0.05) is 23.7 Å². The van der Waals surface area contributed by atoms with E-state index in [9.17, 15) is 13.6 Å². The van der Waals surface area contributed by atoms with Crippen molar-refractivity contribution in [1.29, 1.82) is 0 Å². The van der Waals surface area contributed by atoms with E-state index in [4.69, 9.17) is 23.1 Å². The maximum absolute atomic E-state index is 14.5. The summed E-state index contributed by atoms with van der Waals surface area (Å²) < 4.78 is 28.1. The molecule has 0 saturated carbocycles. The molecule has 0 aliphatic rings. The maximum atomic E-state index is 14.5. The molecular weight excluding hydrogens is 310 g/mol. The van der Waals surface area contributed by atoms with Crippen LogP contribution in [0.3, 0.4) is 0 Å². The standard InChI is InChI=1S/C16H15ClF2N2O/c1-7-11(16(21)22)13(9-4-3-5-10(18)6-9)12(8(2)20)15(19)14(7)17/h3-6,8H,20H2,1-2H3,(H2,21,22). The minimum atomic E-state index is -0.777. The zero-order valence-electron chi connectivity index (χ0n) is 12.1. The van der Waals surface area contributed by atoms with Gasteiger partial charge in [0.1, 0.15) is 11.6 Å². The maximum Gasteiger partial charge on any atom is 0.249 e. The molecule has 1 atom stereocenters. The summed E-state index contributed by atoms with van der Waals surface area (Å²) in [6.45, 7) is 3.04. The molecule has 6 heteroatoms. The molecule has 2 aromatic carbocycles. The van der Waals surface area contributed by atoms with Crippen molar-refractivity contribution < 1.29 is 13.6 Å². The first kappa shape index (κ1) is 16.4. The van der Waals surface area contributed by atoms with E-state index in [1.807, 2.05) is 0 Å². The van der Waals surface area contributed by atoms with Crippen molar-refractivity contribution in [3.8, 4) is 11.1 Å². The molecule has 0 fully saturated rings. The molecule has 22 heavy (non-hydrogen) atoms. The Labute approximate surface area is 131 Å². The van der Waals surface area contributed by atoms with E-state index in [0.717, 1.165) is 0 Å². The highest BCUT2D eigenvalue weighted by Crippen LogP contribution is 2.39. The smallest absolute Gasteiger partial charge is 0.249 e. The first-order valence-electron chi connectivity index (χ1n) is 6.58. The van der Waals surface area contributed by atoms with E-state index in [1.54, 1.807) is 13.0 Å². The van der Waals surface area contributed by atoms with Crippen LogP contribution in [0.5, 0.6) is 0 Å². The van der Waals surface area contributed by atoms with Crippen LogP contribution in [0.1, 0.15) is 34.5 Å². The molecule has 3 nitrogen and oxygen atoms in total. The number of carbonyl (C=O) groups is 1. The van der Waals surface area contributed by atoms with Gasteiger partial charge in [-0.2, -0.15) is 0 Å². The molecule has 0 aliphatic carbocycles. The van der Waals surface area contributed by atoms with Crippen molar-refractivity contribution in [1.82, 2.24) is 0 Å². The summed E-state index contributed by atoms with van der Waals surface area (Å²) in [7, 11) is 0. The van der Waals surface area contributed by atoms with Crippen LogP contribution in [0.25, 0.3) is 11.1 Å². The Balaban J connectivity index is 2.99. The van der Waals surface area contributed by atoms with E-state index in [1.165, 1.54) is 25.1 Å². The number of benzene rings is 2. The van der Waals surface area contributed by atoms with E-state index in [0.29, 0.717) is 5.56 Å². The largest absolute Gasteiger partial charge is 0.366 e. The van der Waals surface area contributed by atoms with Gasteiger partial charge in [0.15, 0.2) is 0 Å². The lowest BCUT2D eigenvalue weighted by atomic mass is 9.87. The quantitative estimate of drug-likeness (QED) is 0.903. The summed E-state index contributed by atoms with van der Waals surface area (Å²) in [5.41, 5.74) is 12.0. The zero-order valence-corrected chi connectivity index (χ0v) is 12.8. The Hall–Kier alpha value is -1.98. The van der Waals surface area contributed by atoms with Gasteiger partial charge in [-0.15, -0.1) is 0 Å². The number of hydrogen-bond donors (Lipinski definition) is 2. The van der Waals surface area contributed by atoms with Gasteiger partial charge < -0.3 is 11.5 Å². The topological polar surface area (TPSA) is 69.1 Å². The van der Waals surface area contributed by atoms with Gasteiger partial charge in [0.25, 0.3) is 0 Å². The summed E-state index contributed by atoms with van der Waals surface area (Å²) in [6, 6.07) is 4.71. The number of primary amides is 1. The van der Waals surface area contributed by atoms with Crippen molar-refractivity contribution in [2.75, 3.05) is 0 Å². The highest BCUT2D eigenvalue weighted by molar-refractivity contribution is 6.32. The van der Waals surface area contributed by atoms with E-state index >= 15 is 0 Å². The summed E-state index contributed by atoms with van der Waals surface area (Å²) in [5, 5.41) is -0.207. The summed E-state index contributed by atoms with van der Waals surface area (Å²) >= 11 is 5.95. The van der Waals surface area contributed by atoms with Crippen LogP contribution in [-0.4, -0.2) is 5.91 Å². The molecule has 0 saturated heterocycles. The van der Waals surface area contributed by atoms with Gasteiger partial charge in [0.2, 0.25) is 5.91 Å². The minimum absolute atomic E-state index is 0.0370. The predicted octanol–water partition coefficient (Wildman–Crippen LogP) is 3.71. The average Bonchev–Trinajstić information content (AvgIpc) is 2.43. The van der Waals surface area contributed by atoms with Crippen LogP contribution in [0.4, 0.5) is 8.78 Å². The average molecular weight is 325 g/mol. The normalized spacial score (nSPS) is 12.3. The first-order valence-corrected chi connectivity index (χ1v) is 6.96. The molecule has 1 amide bonds. The molecule has 0 spiro atoms. The third-order valence-corrected chi connectivity index (χ3v) is 3.92. The molecular formula is C16H15ClF2N2O. The number of nitrogens with two attached hydrogens (primary N) is 2. The van der Waals surface area contributed by atoms with Crippen LogP contribution in [0.15, 0.2) is 24.3 Å². The lowest BCUT2D eigenvalue weighted by Crippen LogP contribution is -2.19. The Morgan fingerprint density at radius 3 is 2.45 bits per heavy atom. The monoisotopic (exact) mass is 324 g/mol. The summed E-state index contributed by atoms with van der Waals surface area (Å²) in [4.78, 5) is 11.8. The Morgan fingerprint density at radius 1 is 1.32 bits per heavy atom. The second-order valence-electron chi connectivity index (χ2n) is 5.08. The lowest BCUT2D eigenvalue weighted by molar-refractivity contribution is 0.1000. The van der Waals surface area contributed by atoms with Gasteiger partial charge >= 0.3 is 0 Å². The fourth-order valence-electron chi connectivity index (χ4n) is 2.50. The zero-order chi connectivity index (χ0) is 16.6. The van der Waals surface area contributed by atoms with Crippen molar-refractivity contribution in [2.24, 2.45) is 11.5 Å². The third kappa shape index (κ3) is 2.69. The number of hydrogen-bond acceptors (Lipinski definition) is 2. The van der Waals surface area contributed by atoms with Gasteiger partial charge in [-0.3, -0.25) is 4.79 Å². The molecule has 0 aromatic heterocycles. The number of amides is 1. The van der Waals surface area contributed by atoms with E-state index < -0.39 is 23.6 Å². The van der Waals surface area contributed by atoms with Crippen molar-refractivity contribution in [2.45, 2.75) is 19.9 Å². The minimum Gasteiger partial charge on any atom is -0.366 e. The Morgan fingerprint density at radius 2 is 1.95 bits per heavy atom.